The van der Waals surface area contributed by atoms with Crippen LogP contribution in [0, 0.1) is 0 Å². The van der Waals surface area contributed by atoms with Crippen LogP contribution in [0.1, 0.15) is 6.42 Å². The maximum absolute atomic E-state index is 5.16. The molecule has 0 atom stereocenters. The van der Waals surface area contributed by atoms with E-state index in [0.29, 0.717) is 0 Å². The van der Waals surface area contributed by atoms with Crippen molar-refractivity contribution in [3.8, 4) is 5.75 Å². The van der Waals surface area contributed by atoms with Crippen LogP contribution in [-0.4, -0.2) is 20.7 Å². The highest BCUT2D eigenvalue weighted by atomic mass is 16.5. The molecule has 0 spiro atoms. The van der Waals surface area contributed by atoms with Gasteiger partial charge in [-0.2, -0.15) is 0 Å². The number of hydrogen-bond acceptors (Lipinski definition) is 2. The molecule has 2 heteroatoms. The molecule has 0 aliphatic carbocycles. The molecule has 0 heterocycles. The zero-order valence-corrected chi connectivity index (χ0v) is 8.86. The molecule has 0 radical (unpaired) electrons. The topological polar surface area (TPSA) is 12.5 Å². The maximum atomic E-state index is 5.16. The van der Waals surface area contributed by atoms with Gasteiger partial charge in [0, 0.05) is 25.3 Å². The van der Waals surface area contributed by atoms with E-state index >= 15 is 0 Å². The van der Waals surface area contributed by atoms with Crippen LogP contribution >= 0.6 is 0 Å². The Morgan fingerprint density at radius 2 is 2.29 bits per heavy atom. The lowest BCUT2D eigenvalue weighted by atomic mass is 10.2. The van der Waals surface area contributed by atoms with Crippen LogP contribution in [0.4, 0.5) is 5.69 Å². The van der Waals surface area contributed by atoms with Gasteiger partial charge in [0.25, 0.3) is 0 Å². The Bertz CT molecular complexity index is 296. The van der Waals surface area contributed by atoms with Crippen molar-refractivity contribution < 1.29 is 4.74 Å². The van der Waals surface area contributed by atoms with Crippen LogP contribution in [0.25, 0.3) is 0 Å². The second-order valence-electron chi connectivity index (χ2n) is 3.20. The van der Waals surface area contributed by atoms with Crippen molar-refractivity contribution >= 4 is 5.69 Å². The van der Waals surface area contributed by atoms with E-state index in [-0.39, 0.29) is 0 Å². The third-order valence-electron chi connectivity index (χ3n) is 2.16. The minimum absolute atomic E-state index is 0.896. The van der Waals surface area contributed by atoms with Gasteiger partial charge in [-0.05, 0) is 18.6 Å². The summed E-state index contributed by atoms with van der Waals surface area (Å²) >= 11 is 0. The van der Waals surface area contributed by atoms with E-state index in [1.54, 1.807) is 7.11 Å². The standard InChI is InChI=1S/C12H17NO/c1-4-5-9-13(2)11-7-6-8-12(10-11)14-3/h4,6-8,10H,1,5,9H2,2-3H3. The van der Waals surface area contributed by atoms with E-state index in [2.05, 4.69) is 24.6 Å². The Balaban J connectivity index is 2.68. The molecule has 1 aromatic rings. The van der Waals surface area contributed by atoms with Gasteiger partial charge < -0.3 is 9.64 Å². The number of nitrogens with zero attached hydrogens (tertiary/aromatic N) is 1. The Labute approximate surface area is 85.8 Å². The molecule has 14 heavy (non-hydrogen) atoms. The average Bonchev–Trinajstić information content (AvgIpc) is 2.26. The second-order valence-corrected chi connectivity index (χ2v) is 3.20. The molecular weight excluding hydrogens is 174 g/mol. The third kappa shape index (κ3) is 2.80. The van der Waals surface area contributed by atoms with Gasteiger partial charge in [-0.15, -0.1) is 6.58 Å². The second kappa shape index (κ2) is 5.32. The van der Waals surface area contributed by atoms with Crippen molar-refractivity contribution in [1.29, 1.82) is 0 Å². The van der Waals surface area contributed by atoms with Crippen molar-refractivity contribution in [2.24, 2.45) is 0 Å². The van der Waals surface area contributed by atoms with Gasteiger partial charge in [-0.1, -0.05) is 12.1 Å². The van der Waals surface area contributed by atoms with Crippen LogP contribution in [0.2, 0.25) is 0 Å². The molecule has 0 amide bonds. The first-order chi connectivity index (χ1) is 6.77. The molecular formula is C12H17NO. The summed E-state index contributed by atoms with van der Waals surface area (Å²) in [6.07, 6.45) is 2.92. The monoisotopic (exact) mass is 191 g/mol. The molecule has 0 saturated heterocycles. The summed E-state index contributed by atoms with van der Waals surface area (Å²) < 4.78 is 5.16. The van der Waals surface area contributed by atoms with Crippen molar-refractivity contribution in [2.45, 2.75) is 6.42 Å². The highest BCUT2D eigenvalue weighted by molar-refractivity contribution is 5.50. The Hall–Kier alpha value is -1.44. The molecule has 0 fully saturated rings. The third-order valence-corrected chi connectivity index (χ3v) is 2.16. The molecule has 0 unspecified atom stereocenters. The van der Waals surface area contributed by atoms with Gasteiger partial charge >= 0.3 is 0 Å². The summed E-state index contributed by atoms with van der Waals surface area (Å²) in [5.41, 5.74) is 1.17. The van der Waals surface area contributed by atoms with Gasteiger partial charge in [0.05, 0.1) is 7.11 Å². The Morgan fingerprint density at radius 1 is 1.50 bits per heavy atom. The van der Waals surface area contributed by atoms with Gasteiger partial charge in [0.2, 0.25) is 0 Å². The Morgan fingerprint density at radius 3 is 2.93 bits per heavy atom. The van der Waals surface area contributed by atoms with Crippen molar-refractivity contribution in [1.82, 2.24) is 0 Å². The summed E-state index contributed by atoms with van der Waals surface area (Å²) in [5.74, 6) is 0.896. The fourth-order valence-electron chi connectivity index (χ4n) is 1.26. The predicted molar refractivity (Wildman–Crippen MR) is 61.1 cm³/mol. The first-order valence-corrected chi connectivity index (χ1v) is 4.74. The lowest BCUT2D eigenvalue weighted by Gasteiger charge is -2.18. The molecule has 0 bridgehead atoms. The normalized spacial score (nSPS) is 9.57. The number of rotatable bonds is 5. The van der Waals surface area contributed by atoms with E-state index in [1.807, 2.05) is 24.3 Å². The lowest BCUT2D eigenvalue weighted by molar-refractivity contribution is 0.415. The minimum Gasteiger partial charge on any atom is -0.497 e. The summed E-state index contributed by atoms with van der Waals surface area (Å²) in [6.45, 7) is 4.69. The molecule has 0 saturated carbocycles. The molecule has 0 aromatic heterocycles. The summed E-state index contributed by atoms with van der Waals surface area (Å²) in [4.78, 5) is 2.18. The van der Waals surface area contributed by atoms with Crippen LogP contribution in [0.15, 0.2) is 36.9 Å². The predicted octanol–water partition coefficient (Wildman–Crippen LogP) is 2.71. The number of hydrogen-bond donors (Lipinski definition) is 0. The van der Waals surface area contributed by atoms with Crippen molar-refractivity contribution in [3.63, 3.8) is 0 Å². The molecule has 0 aliphatic rings. The van der Waals surface area contributed by atoms with Crippen molar-refractivity contribution in [3.05, 3.63) is 36.9 Å². The molecule has 0 N–H and O–H groups in total. The summed E-state index contributed by atoms with van der Waals surface area (Å²) in [7, 11) is 3.75. The molecule has 76 valence electrons. The molecule has 1 aromatic carbocycles. The Kier molecular flexibility index (Phi) is 4.05. The van der Waals surface area contributed by atoms with Crippen molar-refractivity contribution in [2.75, 3.05) is 25.6 Å². The van der Waals surface area contributed by atoms with Crippen LogP contribution in [-0.2, 0) is 0 Å². The summed E-state index contributed by atoms with van der Waals surface area (Å²) in [5, 5.41) is 0. The highest BCUT2D eigenvalue weighted by Crippen LogP contribution is 2.19. The zero-order chi connectivity index (χ0) is 10.4. The largest absolute Gasteiger partial charge is 0.497 e. The van der Waals surface area contributed by atoms with Crippen LogP contribution in [0.5, 0.6) is 5.75 Å². The summed E-state index contributed by atoms with van der Waals surface area (Å²) in [6, 6.07) is 8.05. The quantitative estimate of drug-likeness (QED) is 0.663. The van der Waals surface area contributed by atoms with Crippen LogP contribution in [0.3, 0.4) is 0 Å². The lowest BCUT2D eigenvalue weighted by Crippen LogP contribution is -2.17. The van der Waals surface area contributed by atoms with E-state index in [9.17, 15) is 0 Å². The highest BCUT2D eigenvalue weighted by Gasteiger charge is 2.00. The van der Waals surface area contributed by atoms with E-state index < -0.39 is 0 Å². The SMILES string of the molecule is C=CCCN(C)c1cccc(OC)c1. The molecule has 2 nitrogen and oxygen atoms in total. The van der Waals surface area contributed by atoms with Gasteiger partial charge in [-0.25, -0.2) is 0 Å². The van der Waals surface area contributed by atoms with Gasteiger partial charge in [-0.3, -0.25) is 0 Å². The molecule has 0 aliphatic heterocycles. The number of ether oxygens (including phenoxy) is 1. The van der Waals surface area contributed by atoms with Crippen LogP contribution < -0.4 is 9.64 Å². The number of methoxy groups -OCH3 is 1. The molecule has 1 rings (SSSR count). The van der Waals surface area contributed by atoms with Gasteiger partial charge in [0.1, 0.15) is 5.75 Å². The smallest absolute Gasteiger partial charge is 0.120 e. The number of benzene rings is 1. The van der Waals surface area contributed by atoms with E-state index in [1.165, 1.54) is 5.69 Å². The average molecular weight is 191 g/mol. The minimum atomic E-state index is 0.896. The zero-order valence-electron chi connectivity index (χ0n) is 8.86. The first kappa shape index (κ1) is 10.6. The maximum Gasteiger partial charge on any atom is 0.120 e. The van der Waals surface area contributed by atoms with E-state index in [0.717, 1.165) is 18.7 Å². The van der Waals surface area contributed by atoms with E-state index in [4.69, 9.17) is 4.74 Å². The fourth-order valence-corrected chi connectivity index (χ4v) is 1.26. The van der Waals surface area contributed by atoms with Gasteiger partial charge in [0.15, 0.2) is 0 Å². The number of anilines is 1. The fraction of sp³-hybridized carbons (Fsp3) is 0.333. The first-order valence-electron chi connectivity index (χ1n) is 4.74.